The number of thioether (sulfide) groups is 1. The van der Waals surface area contributed by atoms with E-state index in [0.29, 0.717) is 47.0 Å². The number of hydrogen-bond acceptors (Lipinski definition) is 6. The first kappa shape index (κ1) is 25.9. The number of halogens is 2. The number of morpholine rings is 1. The monoisotopic (exact) mass is 545 g/mol. The van der Waals surface area contributed by atoms with E-state index in [1.54, 1.807) is 42.5 Å². The SMILES string of the molecule is O=C(Nc1ccc(Cl)cc1F)C(=Cc1ccc(SC(=S)N2CCOCC2)o1)NC(=O)c1ccccc1. The Balaban J connectivity index is 1.54. The molecule has 4 rings (SSSR count). The molecule has 0 aliphatic carbocycles. The lowest BCUT2D eigenvalue weighted by Crippen LogP contribution is -2.38. The van der Waals surface area contributed by atoms with Crippen LogP contribution in [0.4, 0.5) is 10.1 Å². The van der Waals surface area contributed by atoms with Gasteiger partial charge in [0, 0.05) is 29.8 Å². The smallest absolute Gasteiger partial charge is 0.272 e. The average molecular weight is 546 g/mol. The highest BCUT2D eigenvalue weighted by molar-refractivity contribution is 8.22. The van der Waals surface area contributed by atoms with Gasteiger partial charge in [0.15, 0.2) is 5.09 Å². The summed E-state index contributed by atoms with van der Waals surface area (Å²) >= 11 is 12.6. The summed E-state index contributed by atoms with van der Waals surface area (Å²) in [4.78, 5) is 27.8. The number of benzene rings is 2. The second-order valence-corrected chi connectivity index (χ2v) is 9.66. The Morgan fingerprint density at radius 2 is 1.83 bits per heavy atom. The third kappa shape index (κ3) is 6.94. The maximum absolute atomic E-state index is 14.3. The number of anilines is 1. The standard InChI is InChI=1S/C25H21ClFN3O4S2/c26-17-6-8-20(19(27)14-17)28-24(32)21(29-23(31)16-4-2-1-3-5-16)15-18-7-9-22(34-18)36-25(35)30-10-12-33-13-11-30/h1-9,14-15H,10-13H2,(H,28,32)(H,29,31). The predicted molar refractivity (Wildman–Crippen MR) is 141 cm³/mol. The minimum Gasteiger partial charge on any atom is -0.450 e. The van der Waals surface area contributed by atoms with Crippen molar-refractivity contribution in [3.63, 3.8) is 0 Å². The largest absolute Gasteiger partial charge is 0.450 e. The Kier molecular flexibility index (Phi) is 8.76. The van der Waals surface area contributed by atoms with Gasteiger partial charge in [0.2, 0.25) is 0 Å². The van der Waals surface area contributed by atoms with Gasteiger partial charge >= 0.3 is 0 Å². The van der Waals surface area contributed by atoms with Gasteiger partial charge in [0.1, 0.15) is 21.6 Å². The molecular weight excluding hydrogens is 525 g/mol. The van der Waals surface area contributed by atoms with Crippen LogP contribution in [0.15, 0.2) is 75.9 Å². The fourth-order valence-corrected chi connectivity index (χ4v) is 4.57. The summed E-state index contributed by atoms with van der Waals surface area (Å²) in [7, 11) is 0. The van der Waals surface area contributed by atoms with Crippen molar-refractivity contribution < 1.29 is 23.1 Å². The molecule has 0 saturated carbocycles. The van der Waals surface area contributed by atoms with Crippen molar-refractivity contribution in [2.45, 2.75) is 5.09 Å². The van der Waals surface area contributed by atoms with Gasteiger partial charge in [-0.3, -0.25) is 9.59 Å². The Morgan fingerprint density at radius 1 is 1.08 bits per heavy atom. The van der Waals surface area contributed by atoms with Crippen LogP contribution >= 0.6 is 35.6 Å². The summed E-state index contributed by atoms with van der Waals surface area (Å²) in [5, 5.41) is 5.75. The zero-order chi connectivity index (χ0) is 25.5. The van der Waals surface area contributed by atoms with Crippen LogP contribution in [0.25, 0.3) is 6.08 Å². The molecule has 0 unspecified atom stereocenters. The molecule has 2 heterocycles. The van der Waals surface area contributed by atoms with Crippen LogP contribution < -0.4 is 10.6 Å². The lowest BCUT2D eigenvalue weighted by atomic mass is 10.2. The van der Waals surface area contributed by atoms with Crippen molar-refractivity contribution in [3.8, 4) is 0 Å². The molecule has 7 nitrogen and oxygen atoms in total. The van der Waals surface area contributed by atoms with E-state index in [2.05, 4.69) is 10.6 Å². The quantitative estimate of drug-likeness (QED) is 0.250. The summed E-state index contributed by atoms with van der Waals surface area (Å²) in [6.07, 6.45) is 1.37. The fraction of sp³-hybridized carbons (Fsp3) is 0.160. The summed E-state index contributed by atoms with van der Waals surface area (Å²) in [6.45, 7) is 2.63. The van der Waals surface area contributed by atoms with Crippen LogP contribution in [0.2, 0.25) is 5.02 Å². The summed E-state index contributed by atoms with van der Waals surface area (Å²) < 4.78 is 26.1. The van der Waals surface area contributed by atoms with E-state index < -0.39 is 17.6 Å². The number of nitrogens with one attached hydrogen (secondary N) is 2. The molecular formula is C25H21ClFN3O4S2. The number of carbonyl (C=O) groups excluding carboxylic acids is 2. The number of carbonyl (C=O) groups is 2. The third-order valence-corrected chi connectivity index (χ3v) is 6.65. The Morgan fingerprint density at radius 3 is 2.56 bits per heavy atom. The van der Waals surface area contributed by atoms with Crippen molar-refractivity contribution in [1.82, 2.24) is 10.2 Å². The molecule has 1 saturated heterocycles. The fourth-order valence-electron chi connectivity index (χ4n) is 3.23. The van der Waals surface area contributed by atoms with Gasteiger partial charge in [-0.15, -0.1) is 0 Å². The normalized spacial score (nSPS) is 13.8. The molecule has 0 radical (unpaired) electrons. The van der Waals surface area contributed by atoms with Gasteiger partial charge < -0.3 is 24.7 Å². The molecule has 3 aromatic rings. The number of amides is 2. The second-order valence-electron chi connectivity index (χ2n) is 7.58. The van der Waals surface area contributed by atoms with E-state index in [1.165, 1.54) is 30.0 Å². The summed E-state index contributed by atoms with van der Waals surface area (Å²) in [6, 6.07) is 15.6. The number of hydrogen-bond donors (Lipinski definition) is 2. The van der Waals surface area contributed by atoms with Gasteiger partial charge in [0.05, 0.1) is 18.9 Å². The van der Waals surface area contributed by atoms with E-state index in [-0.39, 0.29) is 16.4 Å². The molecule has 1 aromatic heterocycles. The van der Waals surface area contributed by atoms with Gasteiger partial charge in [-0.25, -0.2) is 4.39 Å². The molecule has 0 atom stereocenters. The number of thiocarbonyl (C=S) groups is 1. The molecule has 2 amide bonds. The number of rotatable bonds is 6. The van der Waals surface area contributed by atoms with Crippen LogP contribution in [0, 0.1) is 5.82 Å². The number of ether oxygens (including phenoxy) is 1. The Bertz CT molecular complexity index is 1290. The van der Waals surface area contributed by atoms with Gasteiger partial charge in [-0.05, 0) is 54.2 Å². The molecule has 0 bridgehead atoms. The predicted octanol–water partition coefficient (Wildman–Crippen LogP) is 5.19. The number of furan rings is 1. The highest BCUT2D eigenvalue weighted by atomic mass is 35.5. The molecule has 2 aromatic carbocycles. The first-order valence-electron chi connectivity index (χ1n) is 10.9. The van der Waals surface area contributed by atoms with Crippen LogP contribution in [-0.2, 0) is 9.53 Å². The van der Waals surface area contributed by atoms with Crippen LogP contribution in [0.1, 0.15) is 16.1 Å². The van der Waals surface area contributed by atoms with Crippen LogP contribution in [0.5, 0.6) is 0 Å². The highest BCUT2D eigenvalue weighted by Gasteiger charge is 2.19. The van der Waals surface area contributed by atoms with Crippen LogP contribution in [0.3, 0.4) is 0 Å². The Labute approximate surface area is 221 Å². The van der Waals surface area contributed by atoms with E-state index in [4.69, 9.17) is 33.0 Å². The molecule has 186 valence electrons. The van der Waals surface area contributed by atoms with Crippen molar-refractivity contribution in [1.29, 1.82) is 0 Å². The zero-order valence-electron chi connectivity index (χ0n) is 18.8. The van der Waals surface area contributed by atoms with Crippen LogP contribution in [-0.4, -0.2) is 47.3 Å². The Hall–Kier alpha value is -3.18. The zero-order valence-corrected chi connectivity index (χ0v) is 21.2. The van der Waals surface area contributed by atoms with E-state index in [9.17, 15) is 14.0 Å². The first-order valence-corrected chi connectivity index (χ1v) is 12.5. The number of nitrogens with zero attached hydrogens (tertiary/aromatic N) is 1. The third-order valence-electron chi connectivity index (χ3n) is 5.05. The molecule has 1 aliphatic heterocycles. The lowest BCUT2D eigenvalue weighted by molar-refractivity contribution is -0.113. The van der Waals surface area contributed by atoms with Gasteiger partial charge in [0.25, 0.3) is 11.8 Å². The molecule has 1 fully saturated rings. The van der Waals surface area contributed by atoms with Crippen molar-refractivity contribution in [2.24, 2.45) is 0 Å². The summed E-state index contributed by atoms with van der Waals surface area (Å²) in [5.41, 5.74) is 0.121. The maximum Gasteiger partial charge on any atom is 0.272 e. The minimum absolute atomic E-state index is 0.0872. The van der Waals surface area contributed by atoms with E-state index >= 15 is 0 Å². The minimum atomic E-state index is -0.741. The van der Waals surface area contributed by atoms with Gasteiger partial charge in [-0.1, -0.05) is 42.0 Å². The summed E-state index contributed by atoms with van der Waals surface area (Å²) in [5.74, 6) is -1.66. The molecule has 1 aliphatic rings. The first-order chi connectivity index (χ1) is 17.4. The molecule has 2 N–H and O–H groups in total. The molecule has 11 heteroatoms. The molecule has 36 heavy (non-hydrogen) atoms. The van der Waals surface area contributed by atoms with Gasteiger partial charge in [-0.2, -0.15) is 0 Å². The molecule has 0 spiro atoms. The van der Waals surface area contributed by atoms with Crippen molar-refractivity contribution in [3.05, 3.63) is 88.5 Å². The van der Waals surface area contributed by atoms with Crippen molar-refractivity contribution in [2.75, 3.05) is 31.6 Å². The lowest BCUT2D eigenvalue weighted by Gasteiger charge is -2.28. The second kappa shape index (κ2) is 12.2. The van der Waals surface area contributed by atoms with E-state index in [1.807, 2.05) is 4.90 Å². The highest BCUT2D eigenvalue weighted by Crippen LogP contribution is 2.26. The average Bonchev–Trinajstić information content (AvgIpc) is 3.32. The van der Waals surface area contributed by atoms with E-state index in [0.717, 1.165) is 6.07 Å². The maximum atomic E-state index is 14.3. The van der Waals surface area contributed by atoms with Crippen molar-refractivity contribution >= 4 is 63.5 Å². The topological polar surface area (TPSA) is 83.8 Å².